The van der Waals surface area contributed by atoms with Crippen molar-refractivity contribution in [2.75, 3.05) is 18.2 Å². The minimum Gasteiger partial charge on any atom is -0.465 e. The van der Waals surface area contributed by atoms with Crippen LogP contribution in [-0.4, -0.2) is 30.3 Å². The molecule has 3 rings (SSSR count). The molecule has 2 N–H and O–H groups in total. The lowest BCUT2D eigenvalue weighted by Crippen LogP contribution is -2.55. The number of carbonyl (C=O) groups is 2. The maximum atomic E-state index is 13.0. The fraction of sp³-hybridized carbons (Fsp3) is 0.478. The van der Waals surface area contributed by atoms with Crippen LogP contribution in [0.2, 0.25) is 0 Å². The number of nitrogens with one attached hydrogen (secondary N) is 2. The Morgan fingerprint density at radius 1 is 1.23 bits per heavy atom. The summed E-state index contributed by atoms with van der Waals surface area (Å²) in [5, 5.41) is 7.12. The van der Waals surface area contributed by atoms with E-state index in [1.165, 1.54) is 30.6 Å². The summed E-state index contributed by atoms with van der Waals surface area (Å²) in [4.78, 5) is 27.2. The van der Waals surface area contributed by atoms with Gasteiger partial charge in [0.05, 0.1) is 12.7 Å². The molecule has 0 radical (unpaired) electrons. The Morgan fingerprint density at radius 3 is 2.55 bits per heavy atom. The van der Waals surface area contributed by atoms with E-state index in [0.29, 0.717) is 29.8 Å². The van der Waals surface area contributed by atoms with Crippen LogP contribution in [0, 0.1) is 5.82 Å². The number of halogens is 1. The lowest BCUT2D eigenvalue weighted by atomic mass is 9.81. The van der Waals surface area contributed by atoms with Gasteiger partial charge in [0.1, 0.15) is 10.8 Å². The van der Waals surface area contributed by atoms with E-state index in [0.717, 1.165) is 21.1 Å². The van der Waals surface area contributed by atoms with Crippen LogP contribution in [0.25, 0.3) is 0 Å². The van der Waals surface area contributed by atoms with Crippen LogP contribution in [-0.2, 0) is 21.5 Å². The Balaban J connectivity index is 1.69. The van der Waals surface area contributed by atoms with Crippen molar-refractivity contribution in [2.45, 2.75) is 62.9 Å². The quantitative estimate of drug-likeness (QED) is 0.329. The first-order valence-corrected chi connectivity index (χ1v) is 12.0. The van der Waals surface area contributed by atoms with Crippen molar-refractivity contribution >= 4 is 40.0 Å². The van der Waals surface area contributed by atoms with Gasteiger partial charge in [-0.3, -0.25) is 4.79 Å². The molecule has 5 nitrogen and oxygen atoms in total. The fourth-order valence-electron chi connectivity index (χ4n) is 4.08. The van der Waals surface area contributed by atoms with E-state index < -0.39 is 5.97 Å². The van der Waals surface area contributed by atoms with Crippen molar-refractivity contribution in [2.24, 2.45) is 0 Å². The average molecular weight is 465 g/mol. The number of benzene rings is 1. The van der Waals surface area contributed by atoms with Gasteiger partial charge in [-0.1, -0.05) is 0 Å². The minimum absolute atomic E-state index is 0.131. The van der Waals surface area contributed by atoms with Crippen molar-refractivity contribution < 1.29 is 18.7 Å². The lowest BCUT2D eigenvalue weighted by Gasteiger charge is -2.42. The maximum Gasteiger partial charge on any atom is 0.341 e. The lowest BCUT2D eigenvalue weighted by molar-refractivity contribution is -0.116. The molecular formula is C23H29FN2O3S2. The van der Waals surface area contributed by atoms with Crippen molar-refractivity contribution in [3.63, 3.8) is 0 Å². The Kier molecular flexibility index (Phi) is 7.13. The third-order valence-electron chi connectivity index (χ3n) is 5.12. The molecule has 2 aromatic rings. The zero-order valence-corrected chi connectivity index (χ0v) is 20.2. The van der Waals surface area contributed by atoms with E-state index in [2.05, 4.69) is 38.3 Å². The number of rotatable bonds is 7. The zero-order valence-electron chi connectivity index (χ0n) is 18.6. The maximum absolute atomic E-state index is 13.0. The highest BCUT2D eigenvalue weighted by atomic mass is 32.2. The number of carbonyl (C=O) groups excluding carboxylic acids is 2. The van der Waals surface area contributed by atoms with Crippen LogP contribution in [0.3, 0.4) is 0 Å². The van der Waals surface area contributed by atoms with Gasteiger partial charge in [-0.25, -0.2) is 9.18 Å². The third kappa shape index (κ3) is 5.67. The molecule has 2 heterocycles. The van der Waals surface area contributed by atoms with E-state index in [4.69, 9.17) is 4.74 Å². The first-order valence-electron chi connectivity index (χ1n) is 10.2. The summed E-state index contributed by atoms with van der Waals surface area (Å²) in [5.74, 6) is -0.0678. The molecule has 0 aliphatic carbocycles. The monoisotopic (exact) mass is 464 g/mol. The van der Waals surface area contributed by atoms with Gasteiger partial charge >= 0.3 is 5.97 Å². The van der Waals surface area contributed by atoms with Gasteiger partial charge in [-0.2, -0.15) is 0 Å². The highest BCUT2D eigenvalue weighted by Gasteiger charge is 2.42. The predicted molar refractivity (Wildman–Crippen MR) is 125 cm³/mol. The largest absolute Gasteiger partial charge is 0.465 e. The number of methoxy groups -OCH3 is 1. The SMILES string of the molecule is COC(=O)c1c(NC(=O)CCCSc2ccc(F)cc2)sc2c1CC(C)(C)NC2(C)C. The van der Waals surface area contributed by atoms with E-state index in [-0.39, 0.29) is 22.8 Å². The fourth-order valence-corrected chi connectivity index (χ4v) is 6.21. The second-order valence-electron chi connectivity index (χ2n) is 8.87. The Bertz CT molecular complexity index is 968. The molecule has 0 unspecified atom stereocenters. The number of thiophene rings is 1. The molecule has 0 atom stereocenters. The van der Waals surface area contributed by atoms with Crippen LogP contribution in [0.1, 0.15) is 61.3 Å². The summed E-state index contributed by atoms with van der Waals surface area (Å²) in [5.41, 5.74) is 0.922. The number of amides is 1. The van der Waals surface area contributed by atoms with Gasteiger partial charge in [0.25, 0.3) is 0 Å². The molecular weight excluding hydrogens is 435 g/mol. The van der Waals surface area contributed by atoms with Crippen LogP contribution >= 0.6 is 23.1 Å². The highest BCUT2D eigenvalue weighted by molar-refractivity contribution is 7.99. The van der Waals surface area contributed by atoms with Gasteiger partial charge in [-0.15, -0.1) is 23.1 Å². The zero-order chi connectivity index (χ0) is 22.8. The molecule has 0 saturated carbocycles. The Hall–Kier alpha value is -1.90. The van der Waals surface area contributed by atoms with Crippen LogP contribution in [0.15, 0.2) is 29.2 Å². The smallest absolute Gasteiger partial charge is 0.341 e. The normalized spacial score (nSPS) is 16.5. The van der Waals surface area contributed by atoms with Crippen LogP contribution in [0.5, 0.6) is 0 Å². The van der Waals surface area contributed by atoms with E-state index in [9.17, 15) is 14.0 Å². The Labute approximate surface area is 191 Å². The van der Waals surface area contributed by atoms with Crippen molar-refractivity contribution in [1.29, 1.82) is 0 Å². The number of hydrogen-bond acceptors (Lipinski definition) is 6. The average Bonchev–Trinajstić information content (AvgIpc) is 3.03. The number of esters is 1. The molecule has 1 aromatic heterocycles. The van der Waals surface area contributed by atoms with E-state index in [1.54, 1.807) is 23.9 Å². The summed E-state index contributed by atoms with van der Waals surface area (Å²) < 4.78 is 18.0. The van der Waals surface area contributed by atoms with Crippen molar-refractivity contribution in [3.8, 4) is 0 Å². The van der Waals surface area contributed by atoms with Gasteiger partial charge in [0, 0.05) is 27.3 Å². The molecule has 8 heteroatoms. The number of anilines is 1. The molecule has 0 saturated heterocycles. The molecule has 1 amide bonds. The molecule has 0 fully saturated rings. The van der Waals surface area contributed by atoms with Crippen molar-refractivity contribution in [1.82, 2.24) is 5.32 Å². The second-order valence-corrected chi connectivity index (χ2v) is 11.1. The summed E-state index contributed by atoms with van der Waals surface area (Å²) in [6, 6.07) is 6.32. The van der Waals surface area contributed by atoms with Crippen molar-refractivity contribution in [3.05, 3.63) is 46.1 Å². The first-order chi connectivity index (χ1) is 14.5. The van der Waals surface area contributed by atoms with E-state index in [1.807, 2.05) is 0 Å². The molecule has 0 spiro atoms. The Morgan fingerprint density at radius 2 is 1.90 bits per heavy atom. The number of ether oxygens (including phenoxy) is 1. The van der Waals surface area contributed by atoms with E-state index >= 15 is 0 Å². The molecule has 1 aliphatic heterocycles. The molecule has 1 aromatic carbocycles. The van der Waals surface area contributed by atoms with Gasteiger partial charge in [0.15, 0.2) is 0 Å². The predicted octanol–water partition coefficient (Wildman–Crippen LogP) is 5.34. The number of fused-ring (bicyclic) bond motifs is 1. The molecule has 168 valence electrons. The summed E-state index contributed by atoms with van der Waals surface area (Å²) >= 11 is 3.03. The van der Waals surface area contributed by atoms with Gasteiger partial charge in [0.2, 0.25) is 5.91 Å². The summed E-state index contributed by atoms with van der Waals surface area (Å²) in [6.07, 6.45) is 1.69. The summed E-state index contributed by atoms with van der Waals surface area (Å²) in [6.45, 7) is 8.38. The standard InChI is InChI=1S/C23H29FN2O3S2/c1-22(2)13-16-18(21(28)29-5)20(31-19(16)23(3,4)26-22)25-17(27)7-6-12-30-15-10-8-14(24)9-11-15/h8-11,26H,6-7,12-13H2,1-5H3,(H,25,27). The molecule has 1 aliphatic rings. The third-order valence-corrected chi connectivity index (χ3v) is 7.69. The summed E-state index contributed by atoms with van der Waals surface area (Å²) in [7, 11) is 1.36. The number of hydrogen-bond donors (Lipinski definition) is 2. The second kappa shape index (κ2) is 9.30. The molecule has 31 heavy (non-hydrogen) atoms. The highest BCUT2D eigenvalue weighted by Crippen LogP contribution is 2.45. The van der Waals surface area contributed by atoms with Crippen LogP contribution in [0.4, 0.5) is 9.39 Å². The van der Waals surface area contributed by atoms with Gasteiger partial charge in [-0.05, 0) is 76.1 Å². The first kappa shape index (κ1) is 23.8. The topological polar surface area (TPSA) is 67.4 Å². The minimum atomic E-state index is -0.423. The molecule has 0 bridgehead atoms. The number of thioether (sulfide) groups is 1. The van der Waals surface area contributed by atoms with Gasteiger partial charge < -0.3 is 15.4 Å². The van der Waals surface area contributed by atoms with Crippen LogP contribution < -0.4 is 10.6 Å².